The fourth-order valence-electron chi connectivity index (χ4n) is 4.04. The fourth-order valence-corrected chi connectivity index (χ4v) is 4.21. The zero-order chi connectivity index (χ0) is 22.8. The van der Waals surface area contributed by atoms with E-state index in [-0.39, 0.29) is 23.3 Å². The highest BCUT2D eigenvalue weighted by Crippen LogP contribution is 2.25. The molecule has 1 saturated heterocycles. The number of piperazine rings is 1. The van der Waals surface area contributed by atoms with Gasteiger partial charge in [-0.2, -0.15) is 0 Å². The van der Waals surface area contributed by atoms with Crippen LogP contribution in [0.15, 0.2) is 42.9 Å². The van der Waals surface area contributed by atoms with Gasteiger partial charge in [0, 0.05) is 61.2 Å². The van der Waals surface area contributed by atoms with E-state index in [2.05, 4.69) is 9.97 Å². The molecule has 0 atom stereocenters. The van der Waals surface area contributed by atoms with Crippen molar-refractivity contribution in [2.45, 2.75) is 13.8 Å². The van der Waals surface area contributed by atoms with Crippen molar-refractivity contribution in [2.24, 2.45) is 0 Å². The van der Waals surface area contributed by atoms with Crippen LogP contribution in [-0.2, 0) is 0 Å². The summed E-state index contributed by atoms with van der Waals surface area (Å²) in [7, 11) is 0. The van der Waals surface area contributed by atoms with Crippen molar-refractivity contribution in [1.82, 2.24) is 24.3 Å². The van der Waals surface area contributed by atoms with Crippen molar-refractivity contribution < 1.29 is 14.0 Å². The molecular formula is C23H23ClFN5O2. The minimum Gasteiger partial charge on any atom is -0.335 e. The zero-order valence-corrected chi connectivity index (χ0v) is 18.6. The second-order valence-corrected chi connectivity index (χ2v) is 8.21. The van der Waals surface area contributed by atoms with Gasteiger partial charge in [0.25, 0.3) is 5.91 Å². The number of amides is 1. The Balaban J connectivity index is 1.42. The third-order valence-electron chi connectivity index (χ3n) is 5.70. The molecule has 0 N–H and O–H groups in total. The first kappa shape index (κ1) is 22.1. The number of nitrogens with zero attached hydrogens (tertiary/aromatic N) is 5. The van der Waals surface area contributed by atoms with E-state index in [9.17, 15) is 14.0 Å². The number of aromatic nitrogens is 3. The van der Waals surface area contributed by atoms with Crippen LogP contribution < -0.4 is 0 Å². The molecule has 166 valence electrons. The van der Waals surface area contributed by atoms with Crippen molar-refractivity contribution in [2.75, 3.05) is 32.7 Å². The van der Waals surface area contributed by atoms with E-state index in [1.165, 1.54) is 24.7 Å². The predicted molar refractivity (Wildman–Crippen MR) is 119 cm³/mol. The number of carbonyl (C=O) groups is 2. The molecule has 0 bridgehead atoms. The fraction of sp³-hybridized carbons (Fsp3) is 0.304. The molecule has 3 heterocycles. The summed E-state index contributed by atoms with van der Waals surface area (Å²) in [5.41, 5.74) is 3.31. The van der Waals surface area contributed by atoms with E-state index in [0.29, 0.717) is 43.1 Å². The number of ketones is 1. The zero-order valence-electron chi connectivity index (χ0n) is 17.9. The highest BCUT2D eigenvalue weighted by molar-refractivity contribution is 6.30. The summed E-state index contributed by atoms with van der Waals surface area (Å²) in [6.45, 7) is 6.29. The molecule has 4 rings (SSSR count). The average molecular weight is 456 g/mol. The maximum atomic E-state index is 13.6. The van der Waals surface area contributed by atoms with Gasteiger partial charge in [0.15, 0.2) is 5.78 Å². The summed E-state index contributed by atoms with van der Waals surface area (Å²) in [6.07, 6.45) is 4.49. The molecule has 32 heavy (non-hydrogen) atoms. The summed E-state index contributed by atoms with van der Waals surface area (Å²) in [5.74, 6) is -0.622. The number of Topliss-reactive ketones (excluding diaryl/α,β-unsaturated/α-hetero) is 1. The Morgan fingerprint density at radius 2 is 1.84 bits per heavy atom. The molecule has 0 unspecified atom stereocenters. The lowest BCUT2D eigenvalue weighted by Crippen LogP contribution is -2.50. The molecule has 9 heteroatoms. The standard InChI is InChI=1S/C23H23ClFN5O2/c1-15-11-18(16(2)30(15)17-3-4-20(25)19(24)12-17)22(31)14-28-7-9-29(10-8-28)23(32)21-13-26-5-6-27-21/h3-6,11-13H,7-10,14H2,1-2H3. The van der Waals surface area contributed by atoms with Crippen molar-refractivity contribution in [1.29, 1.82) is 0 Å². The Kier molecular flexibility index (Phi) is 6.34. The van der Waals surface area contributed by atoms with E-state index in [4.69, 9.17) is 11.6 Å². The first-order chi connectivity index (χ1) is 15.3. The van der Waals surface area contributed by atoms with Crippen LogP contribution in [-0.4, -0.2) is 68.7 Å². The van der Waals surface area contributed by atoms with Crippen molar-refractivity contribution in [3.8, 4) is 5.69 Å². The number of benzene rings is 1. The number of aryl methyl sites for hydroxylation is 1. The maximum Gasteiger partial charge on any atom is 0.274 e. The van der Waals surface area contributed by atoms with Crippen LogP contribution in [0.5, 0.6) is 0 Å². The highest BCUT2D eigenvalue weighted by Gasteiger charge is 2.25. The summed E-state index contributed by atoms with van der Waals surface area (Å²) < 4.78 is 15.5. The Morgan fingerprint density at radius 3 is 2.50 bits per heavy atom. The number of hydrogen-bond acceptors (Lipinski definition) is 5. The molecule has 0 radical (unpaired) electrons. The third-order valence-corrected chi connectivity index (χ3v) is 5.99. The van der Waals surface area contributed by atoms with Crippen molar-refractivity contribution in [3.63, 3.8) is 0 Å². The Labute approximate surface area is 190 Å². The maximum absolute atomic E-state index is 13.6. The van der Waals surface area contributed by atoms with Crippen LogP contribution in [0.25, 0.3) is 5.69 Å². The number of carbonyl (C=O) groups excluding carboxylic acids is 2. The largest absolute Gasteiger partial charge is 0.335 e. The summed E-state index contributed by atoms with van der Waals surface area (Å²) in [6, 6.07) is 6.37. The van der Waals surface area contributed by atoms with Gasteiger partial charge in [-0.15, -0.1) is 0 Å². The lowest BCUT2D eigenvalue weighted by Gasteiger charge is -2.34. The average Bonchev–Trinajstić information content (AvgIpc) is 3.10. The smallest absolute Gasteiger partial charge is 0.274 e. The molecule has 7 nitrogen and oxygen atoms in total. The van der Waals surface area contributed by atoms with Crippen LogP contribution in [0, 0.1) is 19.7 Å². The highest BCUT2D eigenvalue weighted by atomic mass is 35.5. The van der Waals surface area contributed by atoms with E-state index in [0.717, 1.165) is 11.4 Å². The Morgan fingerprint density at radius 1 is 1.09 bits per heavy atom. The van der Waals surface area contributed by atoms with Crippen LogP contribution >= 0.6 is 11.6 Å². The van der Waals surface area contributed by atoms with Gasteiger partial charge in [-0.1, -0.05) is 11.6 Å². The molecule has 1 aliphatic rings. The van der Waals surface area contributed by atoms with Gasteiger partial charge in [0.2, 0.25) is 0 Å². The Bertz CT molecular complexity index is 1160. The van der Waals surface area contributed by atoms with Gasteiger partial charge >= 0.3 is 0 Å². The molecule has 0 spiro atoms. The van der Waals surface area contributed by atoms with Crippen LogP contribution in [0.3, 0.4) is 0 Å². The lowest BCUT2D eigenvalue weighted by atomic mass is 10.1. The molecule has 3 aromatic rings. The first-order valence-corrected chi connectivity index (χ1v) is 10.7. The summed E-state index contributed by atoms with van der Waals surface area (Å²) in [5, 5.41) is 0.0387. The molecule has 0 aliphatic carbocycles. The van der Waals surface area contributed by atoms with Gasteiger partial charge in [0.1, 0.15) is 11.5 Å². The molecule has 2 aromatic heterocycles. The molecule has 1 fully saturated rings. The van der Waals surface area contributed by atoms with Crippen molar-refractivity contribution in [3.05, 3.63) is 76.3 Å². The SMILES string of the molecule is Cc1cc(C(=O)CN2CCN(C(=O)c3cnccn3)CC2)c(C)n1-c1ccc(F)c(Cl)c1. The second kappa shape index (κ2) is 9.18. The summed E-state index contributed by atoms with van der Waals surface area (Å²) >= 11 is 5.94. The summed E-state index contributed by atoms with van der Waals surface area (Å²) in [4.78, 5) is 37.3. The number of hydrogen-bond donors (Lipinski definition) is 0. The number of halogens is 2. The van der Waals surface area contributed by atoms with Gasteiger partial charge in [-0.05, 0) is 38.1 Å². The van der Waals surface area contributed by atoms with Crippen LogP contribution in [0.2, 0.25) is 5.02 Å². The van der Waals surface area contributed by atoms with E-state index in [1.807, 2.05) is 29.4 Å². The van der Waals surface area contributed by atoms with Gasteiger partial charge < -0.3 is 9.47 Å². The second-order valence-electron chi connectivity index (χ2n) is 7.80. The molecule has 1 aliphatic heterocycles. The third kappa shape index (κ3) is 4.42. The van der Waals surface area contributed by atoms with Crippen LogP contribution in [0.4, 0.5) is 4.39 Å². The van der Waals surface area contributed by atoms with E-state index in [1.54, 1.807) is 17.0 Å². The molecule has 1 amide bonds. The number of rotatable bonds is 5. The minimum atomic E-state index is -0.480. The molecule has 1 aromatic carbocycles. The van der Waals surface area contributed by atoms with Crippen molar-refractivity contribution >= 4 is 23.3 Å². The monoisotopic (exact) mass is 455 g/mol. The first-order valence-electron chi connectivity index (χ1n) is 10.3. The molecular weight excluding hydrogens is 433 g/mol. The minimum absolute atomic E-state index is 0.00580. The van der Waals surface area contributed by atoms with Gasteiger partial charge in [-0.3, -0.25) is 19.5 Å². The van der Waals surface area contributed by atoms with Gasteiger partial charge in [-0.25, -0.2) is 9.37 Å². The van der Waals surface area contributed by atoms with Gasteiger partial charge in [0.05, 0.1) is 17.8 Å². The normalized spacial score (nSPS) is 14.6. The topological polar surface area (TPSA) is 71.3 Å². The predicted octanol–water partition coefficient (Wildman–Crippen LogP) is 3.32. The van der Waals surface area contributed by atoms with E-state index >= 15 is 0 Å². The lowest BCUT2D eigenvalue weighted by molar-refractivity contribution is 0.0618. The molecule has 0 saturated carbocycles. The quantitative estimate of drug-likeness (QED) is 0.552. The van der Waals surface area contributed by atoms with E-state index < -0.39 is 5.82 Å². The Hall–Kier alpha value is -3.10. The van der Waals surface area contributed by atoms with Crippen LogP contribution in [0.1, 0.15) is 32.2 Å².